The molecular formula is C15H15F4NO3. The van der Waals surface area contributed by atoms with Crippen LogP contribution in [-0.2, 0) is 9.53 Å². The molecular weight excluding hydrogens is 318 g/mol. The molecule has 4 nitrogen and oxygen atoms in total. The molecule has 3 fully saturated rings. The van der Waals surface area contributed by atoms with Crippen molar-refractivity contribution in [1.29, 1.82) is 0 Å². The second kappa shape index (κ2) is 5.65. The topological polar surface area (TPSA) is 48.4 Å². The van der Waals surface area contributed by atoms with Gasteiger partial charge in [-0.1, -0.05) is 0 Å². The zero-order valence-electron chi connectivity index (χ0n) is 12.4. The van der Waals surface area contributed by atoms with Gasteiger partial charge in [0.2, 0.25) is 17.4 Å². The maximum Gasteiger partial charge on any atom is 0.309 e. The molecule has 1 aromatic heterocycles. The van der Waals surface area contributed by atoms with Gasteiger partial charge in [-0.05, 0) is 31.6 Å². The van der Waals surface area contributed by atoms with Gasteiger partial charge in [-0.15, -0.1) is 0 Å². The highest BCUT2D eigenvalue weighted by Gasteiger charge is 2.51. The fraction of sp³-hybridized carbons (Fsp3) is 0.600. The van der Waals surface area contributed by atoms with Crippen LogP contribution in [0.15, 0.2) is 0 Å². The van der Waals surface area contributed by atoms with E-state index in [1.807, 2.05) is 0 Å². The highest BCUT2D eigenvalue weighted by Crippen LogP contribution is 2.50. The third kappa shape index (κ3) is 2.64. The third-order valence-corrected chi connectivity index (χ3v) is 4.88. The minimum Gasteiger partial charge on any atom is -0.481 e. The first-order chi connectivity index (χ1) is 10.9. The summed E-state index contributed by atoms with van der Waals surface area (Å²) in [6, 6.07) is 0. The molecule has 0 spiro atoms. The Morgan fingerprint density at radius 2 is 1.70 bits per heavy atom. The Morgan fingerprint density at radius 1 is 1.13 bits per heavy atom. The summed E-state index contributed by atoms with van der Waals surface area (Å²) in [5.41, 5.74) is -1.03. The van der Waals surface area contributed by atoms with E-state index in [-0.39, 0.29) is 12.3 Å². The summed E-state index contributed by atoms with van der Waals surface area (Å²) in [7, 11) is 1.27. The Balaban J connectivity index is 1.92. The number of hydrogen-bond acceptors (Lipinski definition) is 4. The fourth-order valence-corrected chi connectivity index (χ4v) is 3.69. The van der Waals surface area contributed by atoms with Crippen molar-refractivity contribution in [3.8, 4) is 5.75 Å². The van der Waals surface area contributed by atoms with Crippen molar-refractivity contribution in [2.45, 2.75) is 37.7 Å². The average Bonchev–Trinajstić information content (AvgIpc) is 2.57. The van der Waals surface area contributed by atoms with Crippen LogP contribution in [0.25, 0.3) is 0 Å². The van der Waals surface area contributed by atoms with E-state index in [4.69, 9.17) is 9.47 Å². The van der Waals surface area contributed by atoms with Crippen LogP contribution in [0.5, 0.6) is 5.75 Å². The number of rotatable bonds is 3. The van der Waals surface area contributed by atoms with Gasteiger partial charge in [0.25, 0.3) is 11.9 Å². The van der Waals surface area contributed by atoms with Crippen LogP contribution < -0.4 is 4.74 Å². The number of ether oxygens (including phenoxy) is 2. The van der Waals surface area contributed by atoms with Gasteiger partial charge in [-0.3, -0.25) is 4.79 Å². The molecule has 0 aromatic carbocycles. The summed E-state index contributed by atoms with van der Waals surface area (Å²) in [6.45, 7) is 0. The lowest BCUT2D eigenvalue weighted by molar-refractivity contribution is -0.158. The summed E-state index contributed by atoms with van der Waals surface area (Å²) in [5, 5.41) is 0. The quantitative estimate of drug-likeness (QED) is 0.484. The minimum absolute atomic E-state index is 0.133. The van der Waals surface area contributed by atoms with Gasteiger partial charge in [0.1, 0.15) is 5.60 Å². The zero-order chi connectivity index (χ0) is 16.8. The number of aromatic nitrogens is 1. The van der Waals surface area contributed by atoms with Crippen LogP contribution in [0.3, 0.4) is 0 Å². The number of fused-ring (bicyclic) bond motifs is 3. The summed E-state index contributed by atoms with van der Waals surface area (Å²) in [6.07, 6.45) is 2.36. The Hall–Kier alpha value is -1.86. The number of halogens is 4. The van der Waals surface area contributed by atoms with Gasteiger partial charge in [-0.25, -0.2) is 0 Å². The number of carbonyl (C=O) groups is 1. The Labute approximate surface area is 129 Å². The van der Waals surface area contributed by atoms with Gasteiger partial charge >= 0.3 is 5.97 Å². The first-order valence-corrected chi connectivity index (χ1v) is 7.34. The van der Waals surface area contributed by atoms with E-state index in [0.717, 1.165) is 0 Å². The average molecular weight is 333 g/mol. The second-order valence-corrected chi connectivity index (χ2v) is 6.11. The predicted octanol–water partition coefficient (Wildman–Crippen LogP) is 3.14. The third-order valence-electron chi connectivity index (χ3n) is 4.88. The molecule has 2 bridgehead atoms. The molecule has 8 heteroatoms. The summed E-state index contributed by atoms with van der Waals surface area (Å²) < 4.78 is 64.2. The lowest BCUT2D eigenvalue weighted by atomic mass is 9.62. The maximum absolute atomic E-state index is 13.8. The van der Waals surface area contributed by atoms with E-state index >= 15 is 0 Å². The largest absolute Gasteiger partial charge is 0.481 e. The van der Waals surface area contributed by atoms with E-state index in [1.165, 1.54) is 7.11 Å². The number of pyridine rings is 1. The second-order valence-electron chi connectivity index (χ2n) is 6.11. The molecule has 1 atom stereocenters. The van der Waals surface area contributed by atoms with Crippen LogP contribution >= 0.6 is 0 Å². The molecule has 1 aromatic rings. The lowest BCUT2D eigenvalue weighted by Gasteiger charge is -2.49. The highest BCUT2D eigenvalue weighted by atomic mass is 19.2. The van der Waals surface area contributed by atoms with E-state index < -0.39 is 46.8 Å². The van der Waals surface area contributed by atoms with Gasteiger partial charge in [0, 0.05) is 6.42 Å². The molecule has 1 unspecified atom stereocenters. The van der Waals surface area contributed by atoms with Crippen molar-refractivity contribution in [2.75, 3.05) is 7.11 Å². The number of carbonyl (C=O) groups excluding carboxylic acids is 1. The number of nitrogens with zero attached hydrogens (tertiary/aromatic N) is 1. The molecule has 3 saturated carbocycles. The summed E-state index contributed by atoms with van der Waals surface area (Å²) >= 11 is 0. The highest BCUT2D eigenvalue weighted by molar-refractivity contribution is 5.73. The Bertz CT molecular complexity index is 618. The molecule has 3 aliphatic rings. The molecule has 3 aliphatic carbocycles. The lowest BCUT2D eigenvalue weighted by Crippen LogP contribution is -2.51. The van der Waals surface area contributed by atoms with Crippen molar-refractivity contribution < 1.29 is 31.8 Å². The summed E-state index contributed by atoms with van der Waals surface area (Å²) in [5.74, 6) is -8.68. The van der Waals surface area contributed by atoms with Crippen molar-refractivity contribution in [1.82, 2.24) is 4.98 Å². The van der Waals surface area contributed by atoms with Crippen molar-refractivity contribution >= 4 is 5.97 Å². The smallest absolute Gasteiger partial charge is 0.309 e. The number of methoxy groups -OCH3 is 1. The van der Waals surface area contributed by atoms with E-state index in [1.54, 1.807) is 0 Å². The molecule has 4 rings (SSSR count). The molecule has 0 aliphatic heterocycles. The predicted molar refractivity (Wildman–Crippen MR) is 69.5 cm³/mol. The van der Waals surface area contributed by atoms with Crippen LogP contribution in [0.1, 0.15) is 32.1 Å². The molecule has 0 amide bonds. The molecule has 23 heavy (non-hydrogen) atoms. The monoisotopic (exact) mass is 333 g/mol. The number of esters is 1. The fourth-order valence-electron chi connectivity index (χ4n) is 3.69. The van der Waals surface area contributed by atoms with Gasteiger partial charge in [0.05, 0.1) is 13.0 Å². The first-order valence-electron chi connectivity index (χ1n) is 7.34. The van der Waals surface area contributed by atoms with Gasteiger partial charge in [-0.2, -0.15) is 22.5 Å². The first kappa shape index (κ1) is 16.0. The Kier molecular flexibility index (Phi) is 3.93. The van der Waals surface area contributed by atoms with E-state index in [9.17, 15) is 22.4 Å². The minimum atomic E-state index is -1.76. The molecule has 1 heterocycles. The van der Waals surface area contributed by atoms with Crippen molar-refractivity contribution in [2.24, 2.45) is 11.8 Å². The zero-order valence-corrected chi connectivity index (χ0v) is 12.4. The Morgan fingerprint density at radius 3 is 2.22 bits per heavy atom. The van der Waals surface area contributed by atoms with E-state index in [0.29, 0.717) is 25.7 Å². The van der Waals surface area contributed by atoms with Crippen molar-refractivity contribution in [3.05, 3.63) is 23.5 Å². The molecule has 126 valence electrons. The summed E-state index contributed by atoms with van der Waals surface area (Å²) in [4.78, 5) is 14.3. The maximum atomic E-state index is 13.8. The van der Waals surface area contributed by atoms with Crippen LogP contribution in [-0.4, -0.2) is 23.7 Å². The van der Waals surface area contributed by atoms with Crippen LogP contribution in [0.2, 0.25) is 0 Å². The normalized spacial score (nSPS) is 29.4. The van der Waals surface area contributed by atoms with Crippen LogP contribution in [0.4, 0.5) is 17.6 Å². The molecule has 0 N–H and O–H groups in total. The molecule has 0 saturated heterocycles. The SMILES string of the molecule is COC(=O)C1CC2(Oc3c(F)c(F)nc(F)c3F)CCC1CC2. The van der Waals surface area contributed by atoms with Gasteiger partial charge < -0.3 is 9.47 Å². The number of hydrogen-bond donors (Lipinski definition) is 0. The standard InChI is InChI=1S/C15H15F4NO3/c1-22-14(21)8-6-15(4-2-7(8)3-5-15)23-11-9(16)12(18)20-13(19)10(11)17/h7-8H,2-6H2,1H3. The molecule has 0 radical (unpaired) electrons. The van der Waals surface area contributed by atoms with Gasteiger partial charge in [0.15, 0.2) is 0 Å². The van der Waals surface area contributed by atoms with Crippen LogP contribution in [0, 0.1) is 35.4 Å². The van der Waals surface area contributed by atoms with E-state index in [2.05, 4.69) is 4.98 Å². The van der Waals surface area contributed by atoms with Crippen molar-refractivity contribution in [3.63, 3.8) is 0 Å².